The Morgan fingerprint density at radius 2 is 0.978 bits per heavy atom. The minimum absolute atomic E-state index is 0.0589. The Morgan fingerprint density at radius 1 is 0.565 bits per heavy atom. The van der Waals surface area contributed by atoms with E-state index in [1.807, 2.05) is 12.1 Å². The van der Waals surface area contributed by atoms with Crippen molar-refractivity contribution >= 4 is 6.09 Å². The van der Waals surface area contributed by atoms with E-state index >= 15 is 0 Å². The smallest absolute Gasteiger partial charge is 0.409 e. The van der Waals surface area contributed by atoms with Crippen molar-refractivity contribution in [2.24, 2.45) is 0 Å². The number of fused-ring (bicyclic) bond motifs is 3. The molecule has 46 heavy (non-hydrogen) atoms. The maximum absolute atomic E-state index is 12.6. The van der Waals surface area contributed by atoms with Gasteiger partial charge in [-0.3, -0.25) is 0 Å². The van der Waals surface area contributed by atoms with Crippen LogP contribution in [0.5, 0.6) is 0 Å². The molecule has 0 saturated carbocycles. The third-order valence-corrected chi connectivity index (χ3v) is 8.73. The molecule has 1 aliphatic carbocycles. The lowest BCUT2D eigenvalue weighted by atomic mass is 9.98. The van der Waals surface area contributed by atoms with Crippen LogP contribution in [0, 0.1) is 0 Å². The third-order valence-electron chi connectivity index (χ3n) is 8.73. The maximum atomic E-state index is 12.6. The predicted molar refractivity (Wildman–Crippen MR) is 187 cm³/mol. The number of hydrogen-bond donors (Lipinski definition) is 0. The molecule has 0 aliphatic heterocycles. The van der Waals surface area contributed by atoms with Gasteiger partial charge in [0, 0.05) is 26.1 Å². The second-order valence-corrected chi connectivity index (χ2v) is 12.4. The first kappa shape index (κ1) is 38.0. The van der Waals surface area contributed by atoms with E-state index in [2.05, 4.69) is 43.3 Å². The van der Waals surface area contributed by atoms with Gasteiger partial charge in [-0.2, -0.15) is 0 Å². The molecule has 1 aliphatic rings. The van der Waals surface area contributed by atoms with Crippen molar-refractivity contribution in [2.45, 2.75) is 96.3 Å². The summed E-state index contributed by atoms with van der Waals surface area (Å²) in [6, 6.07) is 16.7. The molecule has 0 unspecified atom stereocenters. The van der Waals surface area contributed by atoms with E-state index in [1.54, 1.807) is 11.9 Å². The second-order valence-electron chi connectivity index (χ2n) is 12.4. The molecule has 0 saturated heterocycles. The molecule has 2 aromatic carbocycles. The van der Waals surface area contributed by atoms with E-state index < -0.39 is 0 Å². The molecular formula is C39H61NO6. The summed E-state index contributed by atoms with van der Waals surface area (Å²) < 4.78 is 28.2. The zero-order valence-corrected chi connectivity index (χ0v) is 28.9. The van der Waals surface area contributed by atoms with Crippen molar-refractivity contribution in [3.8, 4) is 11.1 Å². The molecule has 7 nitrogen and oxygen atoms in total. The molecule has 2 aromatic rings. The van der Waals surface area contributed by atoms with Crippen LogP contribution in [0.15, 0.2) is 48.5 Å². The SMILES string of the molecule is CCCCCCCCCCCCCCCOCCOCCOCCOCCN(C)C(=O)OCC1c2ccccc2-c2ccccc21. The predicted octanol–water partition coefficient (Wildman–Crippen LogP) is 9.02. The van der Waals surface area contributed by atoms with Crippen molar-refractivity contribution in [1.82, 2.24) is 4.90 Å². The number of carbonyl (C=O) groups is 1. The molecule has 0 radical (unpaired) electrons. The lowest BCUT2D eigenvalue weighted by Gasteiger charge is -2.19. The van der Waals surface area contributed by atoms with Crippen LogP contribution in [0.25, 0.3) is 11.1 Å². The lowest BCUT2D eigenvalue weighted by Crippen LogP contribution is -2.32. The fourth-order valence-corrected chi connectivity index (χ4v) is 5.98. The Hall–Kier alpha value is -2.45. The first-order valence-corrected chi connectivity index (χ1v) is 18.1. The molecule has 3 rings (SSSR count). The van der Waals surface area contributed by atoms with Crippen LogP contribution >= 0.6 is 0 Å². The first-order chi connectivity index (χ1) is 22.7. The Labute approximate surface area is 279 Å². The summed E-state index contributed by atoms with van der Waals surface area (Å²) in [5, 5.41) is 0. The van der Waals surface area contributed by atoms with Gasteiger partial charge in [-0.05, 0) is 28.7 Å². The van der Waals surface area contributed by atoms with Gasteiger partial charge in [0.05, 0.1) is 46.2 Å². The van der Waals surface area contributed by atoms with Crippen molar-refractivity contribution in [3.63, 3.8) is 0 Å². The Balaban J connectivity index is 1.04. The summed E-state index contributed by atoms with van der Waals surface area (Å²) in [4.78, 5) is 14.1. The number of unbranched alkanes of at least 4 members (excludes halogenated alkanes) is 12. The second kappa shape index (κ2) is 24.7. The van der Waals surface area contributed by atoms with Gasteiger partial charge in [-0.1, -0.05) is 133 Å². The quantitative estimate of drug-likeness (QED) is 0.0866. The largest absolute Gasteiger partial charge is 0.448 e. The van der Waals surface area contributed by atoms with Crippen LogP contribution < -0.4 is 0 Å². The Kier molecular flexibility index (Phi) is 20.4. The molecule has 0 heterocycles. The van der Waals surface area contributed by atoms with Gasteiger partial charge in [-0.15, -0.1) is 0 Å². The van der Waals surface area contributed by atoms with Crippen molar-refractivity contribution in [3.05, 3.63) is 59.7 Å². The van der Waals surface area contributed by atoms with Crippen molar-refractivity contribution in [2.75, 3.05) is 73.1 Å². The van der Waals surface area contributed by atoms with Gasteiger partial charge in [0.2, 0.25) is 0 Å². The van der Waals surface area contributed by atoms with Crippen LogP contribution in [0.3, 0.4) is 0 Å². The maximum Gasteiger partial charge on any atom is 0.409 e. The van der Waals surface area contributed by atoms with E-state index in [0.717, 1.165) is 13.0 Å². The molecule has 0 atom stereocenters. The van der Waals surface area contributed by atoms with Gasteiger partial charge < -0.3 is 28.6 Å². The zero-order chi connectivity index (χ0) is 32.5. The highest BCUT2D eigenvalue weighted by molar-refractivity contribution is 5.79. The molecule has 7 heteroatoms. The number of amides is 1. The van der Waals surface area contributed by atoms with Gasteiger partial charge in [0.15, 0.2) is 0 Å². The highest BCUT2D eigenvalue weighted by Crippen LogP contribution is 2.44. The minimum atomic E-state index is -0.341. The number of ether oxygens (including phenoxy) is 5. The normalized spacial score (nSPS) is 12.3. The summed E-state index contributed by atoms with van der Waals surface area (Å²) in [5.41, 5.74) is 4.86. The monoisotopic (exact) mass is 639 g/mol. The molecule has 0 fully saturated rings. The van der Waals surface area contributed by atoms with Crippen molar-refractivity contribution in [1.29, 1.82) is 0 Å². The molecule has 0 N–H and O–H groups in total. The molecule has 258 valence electrons. The number of rotatable bonds is 28. The van der Waals surface area contributed by atoms with Gasteiger partial charge >= 0.3 is 6.09 Å². The lowest BCUT2D eigenvalue weighted by molar-refractivity contribution is -0.00376. The summed E-state index contributed by atoms with van der Waals surface area (Å²) >= 11 is 0. The first-order valence-electron chi connectivity index (χ1n) is 18.1. The fourth-order valence-electron chi connectivity index (χ4n) is 5.98. The van der Waals surface area contributed by atoms with E-state index in [1.165, 1.54) is 99.3 Å². The molecule has 0 bridgehead atoms. The summed E-state index contributed by atoms with van der Waals surface area (Å²) in [6.07, 6.45) is 17.4. The number of benzene rings is 2. The number of hydrogen-bond acceptors (Lipinski definition) is 6. The fraction of sp³-hybridized carbons (Fsp3) is 0.667. The molecule has 1 amide bonds. The van der Waals surface area contributed by atoms with Gasteiger partial charge in [0.25, 0.3) is 0 Å². The molecule has 0 spiro atoms. The van der Waals surface area contributed by atoms with Crippen LogP contribution in [-0.4, -0.2) is 84.0 Å². The summed E-state index contributed by atoms with van der Waals surface area (Å²) in [5.74, 6) is 0.0589. The average molecular weight is 640 g/mol. The van der Waals surface area contributed by atoms with Crippen LogP contribution in [0.4, 0.5) is 4.79 Å². The van der Waals surface area contributed by atoms with Gasteiger partial charge in [-0.25, -0.2) is 4.79 Å². The Morgan fingerprint density at radius 3 is 1.48 bits per heavy atom. The van der Waals surface area contributed by atoms with Crippen LogP contribution in [0.1, 0.15) is 107 Å². The van der Waals surface area contributed by atoms with E-state index in [0.29, 0.717) is 59.4 Å². The van der Waals surface area contributed by atoms with Crippen LogP contribution in [0.2, 0.25) is 0 Å². The van der Waals surface area contributed by atoms with Gasteiger partial charge in [0.1, 0.15) is 6.61 Å². The van der Waals surface area contributed by atoms with E-state index in [4.69, 9.17) is 23.7 Å². The zero-order valence-electron chi connectivity index (χ0n) is 28.9. The summed E-state index contributed by atoms with van der Waals surface area (Å²) in [7, 11) is 1.74. The van der Waals surface area contributed by atoms with Crippen LogP contribution in [-0.2, 0) is 23.7 Å². The molecule has 0 aromatic heterocycles. The standard InChI is InChI=1S/C39H61NO6/c1-3-4-5-6-7-8-9-10-11-12-13-14-19-25-42-27-29-44-31-32-45-30-28-43-26-24-40(2)39(41)46-33-38-36-22-17-15-20-34(36)35-21-16-18-23-37(35)38/h15-18,20-23,38H,3-14,19,24-33H2,1-2H3. The highest BCUT2D eigenvalue weighted by Gasteiger charge is 2.29. The minimum Gasteiger partial charge on any atom is -0.448 e. The third kappa shape index (κ3) is 15.0. The van der Waals surface area contributed by atoms with E-state index in [9.17, 15) is 4.79 Å². The average Bonchev–Trinajstić information content (AvgIpc) is 3.40. The number of likely N-dealkylation sites (N-methyl/N-ethyl adjacent to an activating group) is 1. The Bertz CT molecular complexity index is 1020. The van der Waals surface area contributed by atoms with Crippen molar-refractivity contribution < 1.29 is 28.5 Å². The summed E-state index contributed by atoms with van der Waals surface area (Å²) in [6.45, 7) is 7.59. The number of carbonyl (C=O) groups excluding carboxylic acids is 1. The van der Waals surface area contributed by atoms with E-state index in [-0.39, 0.29) is 12.0 Å². The highest BCUT2D eigenvalue weighted by atomic mass is 16.6. The topological polar surface area (TPSA) is 66.5 Å². The molecular weight excluding hydrogens is 578 g/mol. The number of nitrogens with zero attached hydrogens (tertiary/aromatic N) is 1.